The van der Waals surface area contributed by atoms with E-state index in [-0.39, 0.29) is 5.91 Å². The Morgan fingerprint density at radius 1 is 1.11 bits per heavy atom. The number of nitrogens with one attached hydrogen (secondary N) is 2. The van der Waals surface area contributed by atoms with Gasteiger partial charge in [0, 0.05) is 39.3 Å². The molecule has 0 heterocycles. The molecular weight excluding hydrogens is 352 g/mol. The minimum Gasteiger partial charge on any atom is -0.497 e. The lowest BCUT2D eigenvalue weighted by Gasteiger charge is -2.22. The molecule has 0 unspecified atom stereocenters. The summed E-state index contributed by atoms with van der Waals surface area (Å²) in [7, 11) is 5.42. The molecule has 2 rings (SSSR count). The summed E-state index contributed by atoms with van der Waals surface area (Å²) in [5.41, 5.74) is 2.87. The monoisotopic (exact) mass is 382 g/mol. The number of hydrogen-bond acceptors (Lipinski definition) is 3. The van der Waals surface area contributed by atoms with Crippen molar-refractivity contribution in [3.05, 3.63) is 65.2 Å². The van der Waals surface area contributed by atoms with Crippen LogP contribution in [0, 0.1) is 0 Å². The maximum atomic E-state index is 12.1. The fourth-order valence-corrected chi connectivity index (χ4v) is 2.81. The van der Waals surface area contributed by atoms with E-state index in [4.69, 9.17) is 4.74 Å². The Morgan fingerprint density at radius 3 is 2.50 bits per heavy atom. The van der Waals surface area contributed by atoms with Crippen molar-refractivity contribution in [1.29, 1.82) is 0 Å². The van der Waals surface area contributed by atoms with Gasteiger partial charge < -0.3 is 20.3 Å². The molecule has 0 aliphatic carbocycles. The first kappa shape index (κ1) is 21.3. The van der Waals surface area contributed by atoms with Gasteiger partial charge in [0.2, 0.25) is 0 Å². The smallest absolute Gasteiger partial charge is 0.251 e. The molecule has 1 amide bonds. The highest BCUT2D eigenvalue weighted by atomic mass is 16.5. The van der Waals surface area contributed by atoms with Gasteiger partial charge in [-0.05, 0) is 41.8 Å². The maximum absolute atomic E-state index is 12.1. The van der Waals surface area contributed by atoms with Gasteiger partial charge in [-0.1, -0.05) is 31.2 Å². The summed E-state index contributed by atoms with van der Waals surface area (Å²) in [6.45, 7) is 4.04. The quantitative estimate of drug-likeness (QED) is 0.544. The number of ether oxygens (including phenoxy) is 1. The molecule has 0 fully saturated rings. The predicted octanol–water partition coefficient (Wildman–Crippen LogP) is 3.04. The van der Waals surface area contributed by atoms with Crippen molar-refractivity contribution in [3.8, 4) is 5.75 Å². The van der Waals surface area contributed by atoms with Crippen molar-refractivity contribution in [3.63, 3.8) is 0 Å². The zero-order valence-electron chi connectivity index (χ0n) is 17.2. The van der Waals surface area contributed by atoms with E-state index >= 15 is 0 Å². The van der Waals surface area contributed by atoms with Crippen molar-refractivity contribution >= 4 is 11.9 Å². The molecule has 0 bridgehead atoms. The molecule has 2 N–H and O–H groups in total. The fraction of sp³-hybridized carbons (Fsp3) is 0.364. The highest BCUT2D eigenvalue weighted by Crippen LogP contribution is 2.13. The maximum Gasteiger partial charge on any atom is 0.251 e. The van der Waals surface area contributed by atoms with Gasteiger partial charge in [0.05, 0.1) is 7.11 Å². The van der Waals surface area contributed by atoms with Crippen LogP contribution in [0.2, 0.25) is 0 Å². The predicted molar refractivity (Wildman–Crippen MR) is 114 cm³/mol. The van der Waals surface area contributed by atoms with Crippen LogP contribution < -0.4 is 15.4 Å². The van der Waals surface area contributed by atoms with Gasteiger partial charge in [0.15, 0.2) is 5.96 Å². The van der Waals surface area contributed by atoms with Crippen LogP contribution in [0.25, 0.3) is 0 Å². The van der Waals surface area contributed by atoms with E-state index in [1.54, 1.807) is 14.2 Å². The molecule has 150 valence electrons. The number of benzene rings is 2. The van der Waals surface area contributed by atoms with Crippen LogP contribution >= 0.6 is 0 Å². The first-order valence-electron chi connectivity index (χ1n) is 9.49. The first-order valence-corrected chi connectivity index (χ1v) is 9.49. The van der Waals surface area contributed by atoms with E-state index in [9.17, 15) is 4.79 Å². The third-order valence-electron chi connectivity index (χ3n) is 4.33. The van der Waals surface area contributed by atoms with E-state index in [2.05, 4.69) is 20.5 Å². The van der Waals surface area contributed by atoms with Gasteiger partial charge in [0.1, 0.15) is 5.75 Å². The number of nitrogens with zero attached hydrogens (tertiary/aromatic N) is 2. The molecule has 6 heteroatoms. The number of carbonyl (C=O) groups is 1. The second-order valence-corrected chi connectivity index (χ2v) is 6.56. The molecule has 0 radical (unpaired) electrons. The number of aliphatic imine (C=N–C) groups is 1. The Labute approximate surface area is 167 Å². The summed E-state index contributed by atoms with van der Waals surface area (Å²) >= 11 is 0. The second-order valence-electron chi connectivity index (χ2n) is 6.56. The molecule has 0 spiro atoms. The Morgan fingerprint density at radius 2 is 1.86 bits per heavy atom. The number of carbonyl (C=O) groups excluding carboxylic acids is 1. The first-order chi connectivity index (χ1) is 13.6. The molecule has 2 aromatic carbocycles. The number of guanidine groups is 1. The van der Waals surface area contributed by atoms with E-state index in [1.807, 2.05) is 62.5 Å². The summed E-state index contributed by atoms with van der Waals surface area (Å²) in [5.74, 6) is 1.60. The molecule has 0 saturated carbocycles. The molecule has 0 saturated heterocycles. The Bertz CT molecular complexity index is 787. The average Bonchev–Trinajstić information content (AvgIpc) is 2.73. The molecule has 0 aliphatic rings. The van der Waals surface area contributed by atoms with E-state index in [0.29, 0.717) is 18.7 Å². The van der Waals surface area contributed by atoms with Crippen LogP contribution in [0.15, 0.2) is 53.5 Å². The SMILES string of the molecule is CCCNC(=O)c1cccc(CNC(=NC)N(C)Cc2ccc(OC)cc2)c1. The van der Waals surface area contributed by atoms with Crippen LogP contribution in [0.4, 0.5) is 0 Å². The van der Waals surface area contributed by atoms with E-state index in [1.165, 1.54) is 5.56 Å². The Hall–Kier alpha value is -3.02. The Balaban J connectivity index is 1.94. The topological polar surface area (TPSA) is 66.0 Å². The van der Waals surface area contributed by atoms with Gasteiger partial charge >= 0.3 is 0 Å². The Kier molecular flexibility index (Phi) is 8.34. The number of rotatable bonds is 8. The van der Waals surface area contributed by atoms with Gasteiger partial charge in [-0.2, -0.15) is 0 Å². The molecule has 28 heavy (non-hydrogen) atoms. The number of methoxy groups -OCH3 is 1. The normalized spacial score (nSPS) is 11.1. The van der Waals surface area contributed by atoms with Crippen molar-refractivity contribution in [2.75, 3.05) is 27.7 Å². The van der Waals surface area contributed by atoms with Gasteiger partial charge in [0.25, 0.3) is 5.91 Å². The lowest BCUT2D eigenvalue weighted by atomic mass is 10.1. The molecule has 0 aliphatic heterocycles. The zero-order chi connectivity index (χ0) is 20.4. The van der Waals surface area contributed by atoms with Crippen molar-refractivity contribution < 1.29 is 9.53 Å². The molecule has 2 aromatic rings. The van der Waals surface area contributed by atoms with Gasteiger partial charge in [-0.15, -0.1) is 0 Å². The summed E-state index contributed by atoms with van der Waals surface area (Å²) in [6, 6.07) is 15.6. The summed E-state index contributed by atoms with van der Waals surface area (Å²) in [5, 5.41) is 6.26. The lowest BCUT2D eigenvalue weighted by molar-refractivity contribution is 0.0953. The van der Waals surface area contributed by atoms with E-state index < -0.39 is 0 Å². The third-order valence-corrected chi connectivity index (χ3v) is 4.33. The second kappa shape index (κ2) is 11.0. The molecule has 0 aromatic heterocycles. The summed E-state index contributed by atoms with van der Waals surface area (Å²) in [4.78, 5) is 18.5. The van der Waals surface area contributed by atoms with Crippen molar-refractivity contribution in [2.24, 2.45) is 4.99 Å². The largest absolute Gasteiger partial charge is 0.497 e. The van der Waals surface area contributed by atoms with Crippen LogP contribution in [-0.4, -0.2) is 44.5 Å². The lowest BCUT2D eigenvalue weighted by Crippen LogP contribution is -2.38. The van der Waals surface area contributed by atoms with Gasteiger partial charge in [-0.25, -0.2) is 0 Å². The van der Waals surface area contributed by atoms with Gasteiger partial charge in [-0.3, -0.25) is 9.79 Å². The summed E-state index contributed by atoms with van der Waals surface area (Å²) < 4.78 is 5.20. The zero-order valence-corrected chi connectivity index (χ0v) is 17.2. The van der Waals surface area contributed by atoms with Crippen LogP contribution in [0.1, 0.15) is 34.8 Å². The highest BCUT2D eigenvalue weighted by Gasteiger charge is 2.09. The van der Waals surface area contributed by atoms with Crippen molar-refractivity contribution in [2.45, 2.75) is 26.4 Å². The van der Waals surface area contributed by atoms with Crippen molar-refractivity contribution in [1.82, 2.24) is 15.5 Å². The van der Waals surface area contributed by atoms with E-state index in [0.717, 1.165) is 30.2 Å². The number of hydrogen-bond donors (Lipinski definition) is 2. The molecular formula is C22H30N4O2. The minimum absolute atomic E-state index is 0.0373. The van der Waals surface area contributed by atoms with Crippen LogP contribution in [-0.2, 0) is 13.1 Å². The third kappa shape index (κ3) is 6.30. The minimum atomic E-state index is -0.0373. The van der Waals surface area contributed by atoms with Crippen LogP contribution in [0.3, 0.4) is 0 Å². The highest BCUT2D eigenvalue weighted by molar-refractivity contribution is 5.94. The fourth-order valence-electron chi connectivity index (χ4n) is 2.81. The average molecular weight is 383 g/mol. The van der Waals surface area contributed by atoms with Crippen LogP contribution in [0.5, 0.6) is 5.75 Å². The summed E-state index contributed by atoms with van der Waals surface area (Å²) in [6.07, 6.45) is 0.920. The number of amides is 1. The molecule has 0 atom stereocenters. The molecule has 6 nitrogen and oxygen atoms in total. The standard InChI is InChI=1S/C22H30N4O2/c1-5-13-24-21(27)19-8-6-7-18(14-19)15-25-22(23-2)26(3)16-17-9-11-20(28-4)12-10-17/h6-12,14H,5,13,15-16H2,1-4H3,(H,23,25)(H,24,27).